The molecular formula is C15H27N3. The average Bonchev–Trinajstić information content (AvgIpc) is 2.36. The predicted octanol–water partition coefficient (Wildman–Crippen LogP) is 3.38. The van der Waals surface area contributed by atoms with Crippen LogP contribution >= 0.6 is 0 Å². The van der Waals surface area contributed by atoms with E-state index in [2.05, 4.69) is 62.0 Å². The Morgan fingerprint density at radius 1 is 1.28 bits per heavy atom. The summed E-state index contributed by atoms with van der Waals surface area (Å²) in [6.45, 7) is 13.0. The maximum absolute atomic E-state index is 4.49. The molecule has 1 aromatic heterocycles. The molecule has 1 aromatic rings. The van der Waals surface area contributed by atoms with Crippen molar-refractivity contribution in [1.82, 2.24) is 10.3 Å². The predicted molar refractivity (Wildman–Crippen MR) is 79.1 cm³/mol. The quantitative estimate of drug-likeness (QED) is 0.803. The Labute approximate surface area is 112 Å². The summed E-state index contributed by atoms with van der Waals surface area (Å²) in [6.07, 6.45) is 3.08. The molecule has 0 spiro atoms. The standard InChI is InChI=1S/C15H27N3/c1-6-9-16-13(5)14-8-10-17-15(11-14)18(7-2)12(3)4/h8,10-13,16H,6-7,9H2,1-5H3. The molecule has 3 nitrogen and oxygen atoms in total. The summed E-state index contributed by atoms with van der Waals surface area (Å²) in [5.41, 5.74) is 1.31. The Kier molecular flexibility index (Phi) is 6.13. The number of rotatable bonds is 7. The van der Waals surface area contributed by atoms with Crippen molar-refractivity contribution in [2.75, 3.05) is 18.0 Å². The Bertz CT molecular complexity index is 349. The molecule has 0 aromatic carbocycles. The van der Waals surface area contributed by atoms with Gasteiger partial charge < -0.3 is 10.2 Å². The second kappa shape index (κ2) is 7.37. The van der Waals surface area contributed by atoms with Gasteiger partial charge in [0.2, 0.25) is 0 Å². The molecule has 1 unspecified atom stereocenters. The van der Waals surface area contributed by atoms with Crippen molar-refractivity contribution < 1.29 is 0 Å². The zero-order valence-electron chi connectivity index (χ0n) is 12.4. The highest BCUT2D eigenvalue weighted by atomic mass is 15.2. The first-order valence-corrected chi connectivity index (χ1v) is 7.06. The fourth-order valence-electron chi connectivity index (χ4n) is 2.13. The third-order valence-electron chi connectivity index (χ3n) is 3.23. The van der Waals surface area contributed by atoms with Gasteiger partial charge in [0.25, 0.3) is 0 Å². The summed E-state index contributed by atoms with van der Waals surface area (Å²) in [5, 5.41) is 3.52. The molecule has 0 aliphatic rings. The zero-order valence-corrected chi connectivity index (χ0v) is 12.4. The molecule has 18 heavy (non-hydrogen) atoms. The summed E-state index contributed by atoms with van der Waals surface area (Å²) in [4.78, 5) is 6.81. The smallest absolute Gasteiger partial charge is 0.129 e. The van der Waals surface area contributed by atoms with Crippen LogP contribution in [-0.4, -0.2) is 24.1 Å². The van der Waals surface area contributed by atoms with Crippen LogP contribution in [0.3, 0.4) is 0 Å². The second-order valence-electron chi connectivity index (χ2n) is 5.00. The Morgan fingerprint density at radius 2 is 2.00 bits per heavy atom. The van der Waals surface area contributed by atoms with E-state index in [1.54, 1.807) is 0 Å². The fourth-order valence-corrected chi connectivity index (χ4v) is 2.13. The van der Waals surface area contributed by atoms with E-state index in [0.29, 0.717) is 12.1 Å². The molecule has 0 amide bonds. The van der Waals surface area contributed by atoms with Gasteiger partial charge in [-0.25, -0.2) is 4.98 Å². The lowest BCUT2D eigenvalue weighted by Gasteiger charge is -2.27. The van der Waals surface area contributed by atoms with E-state index in [1.807, 2.05) is 6.20 Å². The summed E-state index contributed by atoms with van der Waals surface area (Å²) >= 11 is 0. The fraction of sp³-hybridized carbons (Fsp3) is 0.667. The molecule has 0 bridgehead atoms. The molecule has 0 saturated carbocycles. The first kappa shape index (κ1) is 15.0. The van der Waals surface area contributed by atoms with Gasteiger partial charge in [-0.05, 0) is 58.4 Å². The summed E-state index contributed by atoms with van der Waals surface area (Å²) in [6, 6.07) is 5.18. The van der Waals surface area contributed by atoms with Crippen molar-refractivity contribution in [1.29, 1.82) is 0 Å². The van der Waals surface area contributed by atoms with Crippen molar-refractivity contribution >= 4 is 5.82 Å². The SMILES string of the molecule is CCCNC(C)c1ccnc(N(CC)C(C)C)c1. The van der Waals surface area contributed by atoms with Gasteiger partial charge >= 0.3 is 0 Å². The minimum atomic E-state index is 0.387. The van der Waals surface area contributed by atoms with E-state index in [9.17, 15) is 0 Å². The molecule has 0 saturated heterocycles. The van der Waals surface area contributed by atoms with Crippen LogP contribution in [0.5, 0.6) is 0 Å². The highest BCUT2D eigenvalue weighted by Gasteiger charge is 2.12. The number of aromatic nitrogens is 1. The molecule has 0 fully saturated rings. The lowest BCUT2D eigenvalue weighted by molar-refractivity contribution is 0.569. The van der Waals surface area contributed by atoms with Gasteiger partial charge in [0.05, 0.1) is 0 Å². The highest BCUT2D eigenvalue weighted by molar-refractivity contribution is 5.42. The van der Waals surface area contributed by atoms with E-state index < -0.39 is 0 Å². The zero-order chi connectivity index (χ0) is 13.5. The van der Waals surface area contributed by atoms with Crippen molar-refractivity contribution in [2.24, 2.45) is 0 Å². The average molecular weight is 249 g/mol. The van der Waals surface area contributed by atoms with Crippen LogP contribution in [0.25, 0.3) is 0 Å². The maximum atomic E-state index is 4.49. The molecule has 0 aliphatic carbocycles. The number of pyridine rings is 1. The normalized spacial score (nSPS) is 12.8. The molecule has 1 heterocycles. The minimum absolute atomic E-state index is 0.387. The van der Waals surface area contributed by atoms with Gasteiger partial charge in [0.1, 0.15) is 5.82 Å². The third-order valence-corrected chi connectivity index (χ3v) is 3.23. The van der Waals surface area contributed by atoms with Gasteiger partial charge in [0.15, 0.2) is 0 Å². The van der Waals surface area contributed by atoms with Gasteiger partial charge in [-0.2, -0.15) is 0 Å². The summed E-state index contributed by atoms with van der Waals surface area (Å²) in [5.74, 6) is 1.08. The van der Waals surface area contributed by atoms with Crippen LogP contribution in [-0.2, 0) is 0 Å². The van der Waals surface area contributed by atoms with Crippen molar-refractivity contribution in [2.45, 2.75) is 53.1 Å². The molecule has 0 radical (unpaired) electrons. The molecule has 0 aliphatic heterocycles. The molecule has 1 N–H and O–H groups in total. The van der Waals surface area contributed by atoms with Crippen molar-refractivity contribution in [3.8, 4) is 0 Å². The molecular weight excluding hydrogens is 222 g/mol. The minimum Gasteiger partial charge on any atom is -0.354 e. The van der Waals surface area contributed by atoms with Crippen molar-refractivity contribution in [3.63, 3.8) is 0 Å². The summed E-state index contributed by atoms with van der Waals surface area (Å²) < 4.78 is 0. The monoisotopic (exact) mass is 249 g/mol. The van der Waals surface area contributed by atoms with Crippen LogP contribution in [0, 0.1) is 0 Å². The second-order valence-corrected chi connectivity index (χ2v) is 5.00. The first-order valence-electron chi connectivity index (χ1n) is 7.06. The molecule has 102 valence electrons. The number of nitrogens with zero attached hydrogens (tertiary/aromatic N) is 2. The Morgan fingerprint density at radius 3 is 2.56 bits per heavy atom. The highest BCUT2D eigenvalue weighted by Crippen LogP contribution is 2.19. The Balaban J connectivity index is 2.84. The first-order chi connectivity index (χ1) is 8.60. The molecule has 1 rings (SSSR count). The lowest BCUT2D eigenvalue weighted by atomic mass is 10.1. The van der Waals surface area contributed by atoms with Crippen LogP contribution in [0.15, 0.2) is 18.3 Å². The van der Waals surface area contributed by atoms with Gasteiger partial charge in [-0.1, -0.05) is 6.92 Å². The third kappa shape index (κ3) is 3.98. The lowest BCUT2D eigenvalue weighted by Crippen LogP contribution is -2.31. The number of hydrogen-bond donors (Lipinski definition) is 1. The number of anilines is 1. The summed E-state index contributed by atoms with van der Waals surface area (Å²) in [7, 11) is 0. The van der Waals surface area contributed by atoms with Crippen LogP contribution in [0.2, 0.25) is 0 Å². The largest absolute Gasteiger partial charge is 0.354 e. The number of hydrogen-bond acceptors (Lipinski definition) is 3. The van der Waals surface area contributed by atoms with Gasteiger partial charge in [-0.15, -0.1) is 0 Å². The van der Waals surface area contributed by atoms with E-state index in [1.165, 1.54) is 5.56 Å². The van der Waals surface area contributed by atoms with Crippen molar-refractivity contribution in [3.05, 3.63) is 23.9 Å². The van der Waals surface area contributed by atoms with Crippen LogP contribution < -0.4 is 10.2 Å². The number of nitrogens with one attached hydrogen (secondary N) is 1. The van der Waals surface area contributed by atoms with Crippen LogP contribution in [0.1, 0.15) is 52.6 Å². The van der Waals surface area contributed by atoms with E-state index in [-0.39, 0.29) is 0 Å². The van der Waals surface area contributed by atoms with Gasteiger partial charge in [0, 0.05) is 24.8 Å². The van der Waals surface area contributed by atoms with E-state index in [4.69, 9.17) is 0 Å². The van der Waals surface area contributed by atoms with Gasteiger partial charge in [-0.3, -0.25) is 0 Å². The maximum Gasteiger partial charge on any atom is 0.129 e. The molecule has 1 atom stereocenters. The van der Waals surface area contributed by atoms with E-state index in [0.717, 1.165) is 25.3 Å². The van der Waals surface area contributed by atoms with Crippen LogP contribution in [0.4, 0.5) is 5.82 Å². The molecule has 3 heteroatoms. The topological polar surface area (TPSA) is 28.2 Å². The van der Waals surface area contributed by atoms with E-state index >= 15 is 0 Å². The Hall–Kier alpha value is -1.09.